The van der Waals surface area contributed by atoms with Crippen LogP contribution in [0.5, 0.6) is 0 Å². The van der Waals surface area contributed by atoms with E-state index >= 15 is 0 Å². The number of carbonyl (C=O) groups excluding carboxylic acids is 1. The lowest BCUT2D eigenvalue weighted by atomic mass is 10.2. The van der Waals surface area contributed by atoms with Crippen molar-refractivity contribution >= 4 is 21.8 Å². The van der Waals surface area contributed by atoms with E-state index in [1.54, 1.807) is 18.3 Å². The molecule has 0 saturated heterocycles. The summed E-state index contributed by atoms with van der Waals surface area (Å²) in [4.78, 5) is 14.4. The second-order valence-corrected chi connectivity index (χ2v) is 2.94. The van der Waals surface area contributed by atoms with Crippen molar-refractivity contribution in [3.05, 3.63) is 28.5 Å². The first-order valence-corrected chi connectivity index (χ1v) is 3.86. The number of primary amides is 1. The van der Waals surface area contributed by atoms with Gasteiger partial charge < -0.3 is 5.73 Å². The largest absolute Gasteiger partial charge is 0.369 e. The number of hydrogen-bond acceptors (Lipinski definition) is 2. The molecule has 0 fully saturated rings. The van der Waals surface area contributed by atoms with E-state index in [1.807, 2.05) is 0 Å². The van der Waals surface area contributed by atoms with Crippen LogP contribution in [0.25, 0.3) is 0 Å². The van der Waals surface area contributed by atoms with Gasteiger partial charge in [0.1, 0.15) is 4.60 Å². The quantitative estimate of drug-likeness (QED) is 0.744. The number of rotatable bonds is 2. The molecule has 0 aliphatic heterocycles. The molecule has 1 rings (SSSR count). The summed E-state index contributed by atoms with van der Waals surface area (Å²) in [5.74, 6) is -0.330. The highest BCUT2D eigenvalue weighted by molar-refractivity contribution is 9.10. The van der Waals surface area contributed by atoms with Gasteiger partial charge in [0.05, 0.1) is 6.42 Å². The Balaban J connectivity index is 2.79. The van der Waals surface area contributed by atoms with Crippen LogP contribution in [0, 0.1) is 0 Å². The minimum Gasteiger partial charge on any atom is -0.369 e. The summed E-state index contributed by atoms with van der Waals surface area (Å²) in [6.07, 6.45) is 1.89. The van der Waals surface area contributed by atoms with Gasteiger partial charge in [0.25, 0.3) is 0 Å². The van der Waals surface area contributed by atoms with Crippen molar-refractivity contribution in [1.29, 1.82) is 0 Å². The van der Waals surface area contributed by atoms with Crippen LogP contribution in [-0.4, -0.2) is 10.9 Å². The number of amides is 1. The number of pyridine rings is 1. The van der Waals surface area contributed by atoms with Gasteiger partial charge in [-0.2, -0.15) is 0 Å². The van der Waals surface area contributed by atoms with E-state index in [1.165, 1.54) is 0 Å². The zero-order valence-corrected chi connectivity index (χ0v) is 7.34. The van der Waals surface area contributed by atoms with Gasteiger partial charge in [0.15, 0.2) is 0 Å². The third kappa shape index (κ3) is 2.67. The maximum atomic E-state index is 10.5. The average molecular weight is 215 g/mol. The fraction of sp³-hybridized carbons (Fsp3) is 0.143. The van der Waals surface area contributed by atoms with Crippen molar-refractivity contribution in [2.45, 2.75) is 6.42 Å². The molecule has 1 amide bonds. The van der Waals surface area contributed by atoms with Gasteiger partial charge in [-0.15, -0.1) is 0 Å². The molecule has 0 aromatic carbocycles. The van der Waals surface area contributed by atoms with E-state index in [2.05, 4.69) is 20.9 Å². The van der Waals surface area contributed by atoms with Crippen LogP contribution in [0.4, 0.5) is 0 Å². The summed E-state index contributed by atoms with van der Waals surface area (Å²) in [7, 11) is 0. The number of nitrogens with zero attached hydrogens (tertiary/aromatic N) is 1. The summed E-state index contributed by atoms with van der Waals surface area (Å²) in [6.45, 7) is 0. The molecule has 0 radical (unpaired) electrons. The molecule has 2 N–H and O–H groups in total. The first kappa shape index (κ1) is 8.20. The smallest absolute Gasteiger partial charge is 0.221 e. The number of halogens is 1. The summed E-state index contributed by atoms with van der Waals surface area (Å²) < 4.78 is 0.719. The molecule has 0 bridgehead atoms. The van der Waals surface area contributed by atoms with Gasteiger partial charge in [0, 0.05) is 6.20 Å². The molecule has 1 aromatic heterocycles. The fourth-order valence-corrected chi connectivity index (χ4v) is 1.17. The summed E-state index contributed by atoms with van der Waals surface area (Å²) in [5.41, 5.74) is 5.87. The number of hydrogen-bond donors (Lipinski definition) is 1. The third-order valence-electron chi connectivity index (χ3n) is 1.17. The highest BCUT2D eigenvalue weighted by atomic mass is 79.9. The molecule has 0 saturated carbocycles. The molecule has 0 spiro atoms. The maximum Gasteiger partial charge on any atom is 0.221 e. The number of nitrogens with two attached hydrogens (primary N) is 1. The minimum absolute atomic E-state index is 0.265. The van der Waals surface area contributed by atoms with Crippen LogP contribution in [0.1, 0.15) is 5.56 Å². The van der Waals surface area contributed by atoms with Gasteiger partial charge in [-0.1, -0.05) is 0 Å². The van der Waals surface area contributed by atoms with Crippen LogP contribution in [0.15, 0.2) is 22.9 Å². The molecule has 1 aromatic rings. The first-order chi connectivity index (χ1) is 5.18. The molecule has 11 heavy (non-hydrogen) atoms. The zero-order chi connectivity index (χ0) is 8.27. The summed E-state index contributed by atoms with van der Waals surface area (Å²) in [5, 5.41) is 0. The molecule has 0 aliphatic rings. The highest BCUT2D eigenvalue weighted by Crippen LogP contribution is 2.07. The van der Waals surface area contributed by atoms with Gasteiger partial charge in [-0.3, -0.25) is 4.79 Å². The van der Waals surface area contributed by atoms with Crippen LogP contribution >= 0.6 is 15.9 Å². The fourth-order valence-electron chi connectivity index (χ4n) is 0.754. The molecule has 1 heterocycles. The highest BCUT2D eigenvalue weighted by Gasteiger charge is 1.97. The molecular formula is C7H7BrN2O. The minimum atomic E-state index is -0.330. The lowest BCUT2D eigenvalue weighted by molar-refractivity contribution is -0.117. The van der Waals surface area contributed by atoms with Crippen LogP contribution in [-0.2, 0) is 11.2 Å². The van der Waals surface area contributed by atoms with Gasteiger partial charge in [0.2, 0.25) is 5.91 Å². The van der Waals surface area contributed by atoms with Crippen molar-refractivity contribution in [1.82, 2.24) is 4.98 Å². The molecule has 3 nitrogen and oxygen atoms in total. The zero-order valence-electron chi connectivity index (χ0n) is 5.75. The molecule has 58 valence electrons. The molecule has 0 atom stereocenters. The van der Waals surface area contributed by atoms with Crippen molar-refractivity contribution in [2.75, 3.05) is 0 Å². The Hall–Kier alpha value is -0.900. The Kier molecular flexibility index (Phi) is 2.59. The topological polar surface area (TPSA) is 56.0 Å². The van der Waals surface area contributed by atoms with Gasteiger partial charge in [-0.25, -0.2) is 4.98 Å². The van der Waals surface area contributed by atoms with Crippen LogP contribution < -0.4 is 5.73 Å². The predicted octanol–water partition coefficient (Wildman–Crippen LogP) is 0.872. The molecular weight excluding hydrogens is 208 g/mol. The van der Waals surface area contributed by atoms with Crippen LogP contribution in [0.3, 0.4) is 0 Å². The lowest BCUT2D eigenvalue weighted by Crippen LogP contribution is -2.13. The van der Waals surface area contributed by atoms with Crippen molar-refractivity contribution in [3.63, 3.8) is 0 Å². The van der Waals surface area contributed by atoms with E-state index in [0.717, 1.165) is 10.2 Å². The Morgan fingerprint density at radius 1 is 1.73 bits per heavy atom. The number of carbonyl (C=O) groups is 1. The second kappa shape index (κ2) is 3.48. The van der Waals surface area contributed by atoms with Gasteiger partial charge >= 0.3 is 0 Å². The summed E-state index contributed by atoms with van der Waals surface area (Å²) >= 11 is 3.19. The Labute approximate surface area is 72.7 Å². The Bertz CT molecular complexity index is 275. The Morgan fingerprint density at radius 2 is 2.45 bits per heavy atom. The standard InChI is InChI=1S/C7H7BrN2O/c8-6-3-5(1-2-10-6)4-7(9)11/h1-3H,4H2,(H2,9,11). The monoisotopic (exact) mass is 214 g/mol. The van der Waals surface area contributed by atoms with Crippen LogP contribution in [0.2, 0.25) is 0 Å². The van der Waals surface area contributed by atoms with E-state index < -0.39 is 0 Å². The normalized spacial score (nSPS) is 9.55. The molecule has 0 unspecified atom stereocenters. The van der Waals surface area contributed by atoms with Gasteiger partial charge in [-0.05, 0) is 33.6 Å². The van der Waals surface area contributed by atoms with Crippen molar-refractivity contribution in [3.8, 4) is 0 Å². The first-order valence-electron chi connectivity index (χ1n) is 3.07. The van der Waals surface area contributed by atoms with Crippen molar-refractivity contribution < 1.29 is 4.79 Å². The molecule has 4 heteroatoms. The Morgan fingerprint density at radius 3 is 3.00 bits per heavy atom. The van der Waals surface area contributed by atoms with E-state index in [4.69, 9.17) is 5.73 Å². The van der Waals surface area contributed by atoms with E-state index in [0.29, 0.717) is 0 Å². The van der Waals surface area contributed by atoms with Crippen molar-refractivity contribution in [2.24, 2.45) is 5.73 Å². The molecule has 0 aliphatic carbocycles. The van der Waals surface area contributed by atoms with E-state index in [-0.39, 0.29) is 12.3 Å². The predicted molar refractivity (Wildman–Crippen MR) is 44.8 cm³/mol. The second-order valence-electron chi connectivity index (χ2n) is 2.13. The third-order valence-corrected chi connectivity index (χ3v) is 1.60. The average Bonchev–Trinajstić information content (AvgIpc) is 1.85. The summed E-state index contributed by atoms with van der Waals surface area (Å²) in [6, 6.07) is 3.53. The van der Waals surface area contributed by atoms with E-state index in [9.17, 15) is 4.79 Å². The SMILES string of the molecule is NC(=O)Cc1ccnc(Br)c1. The lowest BCUT2D eigenvalue weighted by Gasteiger charge is -1.95. The maximum absolute atomic E-state index is 10.5. The number of aromatic nitrogens is 1.